The predicted molar refractivity (Wildman–Crippen MR) is 98.2 cm³/mol. The van der Waals surface area contributed by atoms with Gasteiger partial charge in [-0.25, -0.2) is 12.7 Å². The molecule has 140 valence electrons. The van der Waals surface area contributed by atoms with E-state index in [4.69, 9.17) is 4.74 Å². The quantitative estimate of drug-likeness (QED) is 0.746. The van der Waals surface area contributed by atoms with E-state index in [1.165, 1.54) is 4.31 Å². The number of carbonyl (C=O) groups is 1. The summed E-state index contributed by atoms with van der Waals surface area (Å²) >= 11 is 0. The Morgan fingerprint density at radius 3 is 2.60 bits per heavy atom. The highest BCUT2D eigenvalue weighted by molar-refractivity contribution is 7.89. The van der Waals surface area contributed by atoms with Crippen molar-refractivity contribution in [1.82, 2.24) is 9.62 Å². The van der Waals surface area contributed by atoms with Gasteiger partial charge < -0.3 is 10.1 Å². The summed E-state index contributed by atoms with van der Waals surface area (Å²) in [6.07, 6.45) is 1.44. The molecular weight excluding hydrogens is 340 g/mol. The maximum atomic E-state index is 12.3. The lowest BCUT2D eigenvalue weighted by atomic mass is 9.99. The first-order chi connectivity index (χ1) is 11.8. The van der Waals surface area contributed by atoms with Gasteiger partial charge in [0.1, 0.15) is 12.4 Å². The molecule has 7 heteroatoms. The lowest BCUT2D eigenvalue weighted by Crippen LogP contribution is -2.46. The molecule has 0 aromatic heterocycles. The minimum Gasteiger partial charge on any atom is -0.492 e. The molecule has 1 amide bonds. The summed E-state index contributed by atoms with van der Waals surface area (Å²) in [6, 6.07) is 6.00. The van der Waals surface area contributed by atoms with Crippen molar-refractivity contribution in [3.63, 3.8) is 0 Å². The zero-order chi connectivity index (χ0) is 18.4. The Morgan fingerprint density at radius 1 is 1.28 bits per heavy atom. The van der Waals surface area contributed by atoms with E-state index in [-0.39, 0.29) is 24.1 Å². The molecular formula is C18H28N2O4S. The first-order valence-electron chi connectivity index (χ1n) is 8.78. The molecule has 0 spiro atoms. The third-order valence-corrected chi connectivity index (χ3v) is 6.23. The van der Waals surface area contributed by atoms with Crippen molar-refractivity contribution >= 4 is 15.9 Å². The van der Waals surface area contributed by atoms with E-state index < -0.39 is 10.0 Å². The van der Waals surface area contributed by atoms with Crippen LogP contribution in [-0.2, 0) is 14.8 Å². The van der Waals surface area contributed by atoms with Crippen LogP contribution in [0.5, 0.6) is 5.75 Å². The van der Waals surface area contributed by atoms with Crippen LogP contribution >= 0.6 is 0 Å². The summed E-state index contributed by atoms with van der Waals surface area (Å²) in [4.78, 5) is 12.3. The molecule has 0 bridgehead atoms. The van der Waals surface area contributed by atoms with Gasteiger partial charge in [0.05, 0.1) is 18.2 Å². The van der Waals surface area contributed by atoms with Gasteiger partial charge in [0.15, 0.2) is 0 Å². The van der Waals surface area contributed by atoms with E-state index in [2.05, 4.69) is 11.4 Å². The molecule has 1 saturated heterocycles. The van der Waals surface area contributed by atoms with Gasteiger partial charge >= 0.3 is 0 Å². The summed E-state index contributed by atoms with van der Waals surface area (Å²) in [5.74, 6) is 0.492. The van der Waals surface area contributed by atoms with Crippen molar-refractivity contribution in [2.45, 2.75) is 33.6 Å². The third-order valence-electron chi connectivity index (χ3n) is 4.38. The van der Waals surface area contributed by atoms with Gasteiger partial charge in [-0.15, -0.1) is 0 Å². The van der Waals surface area contributed by atoms with E-state index in [1.54, 1.807) is 6.92 Å². The number of hydrogen-bond acceptors (Lipinski definition) is 4. The maximum absolute atomic E-state index is 12.3. The van der Waals surface area contributed by atoms with Gasteiger partial charge in [-0.2, -0.15) is 0 Å². The second-order valence-electron chi connectivity index (χ2n) is 6.56. The summed E-state index contributed by atoms with van der Waals surface area (Å²) in [5.41, 5.74) is 2.27. The van der Waals surface area contributed by atoms with Gasteiger partial charge in [0.25, 0.3) is 0 Å². The minimum absolute atomic E-state index is 0.0745. The predicted octanol–water partition coefficient (Wildman–Crippen LogP) is 1.86. The van der Waals surface area contributed by atoms with Crippen molar-refractivity contribution in [3.05, 3.63) is 29.3 Å². The summed E-state index contributed by atoms with van der Waals surface area (Å²) in [5, 5.41) is 2.86. The number of hydrogen-bond donors (Lipinski definition) is 1. The number of benzene rings is 1. The van der Waals surface area contributed by atoms with E-state index in [0.29, 0.717) is 19.7 Å². The molecule has 1 atom stereocenters. The van der Waals surface area contributed by atoms with E-state index in [9.17, 15) is 13.2 Å². The molecule has 0 saturated carbocycles. The van der Waals surface area contributed by atoms with Crippen molar-refractivity contribution in [1.29, 1.82) is 0 Å². The normalized spacial score (nSPS) is 18.8. The Hall–Kier alpha value is -1.60. The first kappa shape index (κ1) is 19.7. The van der Waals surface area contributed by atoms with Crippen molar-refractivity contribution in [2.24, 2.45) is 5.92 Å². The lowest BCUT2D eigenvalue weighted by Gasteiger charge is -2.30. The number of carbonyl (C=O) groups excluding carboxylic acids is 1. The SMILES string of the molecule is CCS(=O)(=O)N1CCC[C@@H](C(=O)NCCOc2cc(C)cc(C)c2)C1. The van der Waals surface area contributed by atoms with Gasteiger partial charge in [0.2, 0.25) is 15.9 Å². The highest BCUT2D eigenvalue weighted by Gasteiger charge is 2.31. The number of sulfonamides is 1. The fourth-order valence-electron chi connectivity index (χ4n) is 3.10. The fraction of sp³-hybridized carbons (Fsp3) is 0.611. The molecule has 1 aliphatic rings. The number of rotatable bonds is 7. The summed E-state index contributed by atoms with van der Waals surface area (Å²) < 4.78 is 31.1. The number of nitrogens with zero attached hydrogens (tertiary/aromatic N) is 1. The Kier molecular flexibility index (Phi) is 6.84. The Balaban J connectivity index is 1.78. The molecule has 1 heterocycles. The molecule has 2 rings (SSSR count). The number of piperidine rings is 1. The molecule has 0 aliphatic carbocycles. The van der Waals surface area contributed by atoms with Crippen LogP contribution in [0.15, 0.2) is 18.2 Å². The van der Waals surface area contributed by atoms with Crippen LogP contribution in [0.4, 0.5) is 0 Å². The second-order valence-corrected chi connectivity index (χ2v) is 8.82. The van der Waals surface area contributed by atoms with E-state index >= 15 is 0 Å². The van der Waals surface area contributed by atoms with Crippen LogP contribution < -0.4 is 10.1 Å². The zero-order valence-electron chi connectivity index (χ0n) is 15.2. The van der Waals surface area contributed by atoms with Crippen molar-refractivity contribution in [2.75, 3.05) is 32.0 Å². The van der Waals surface area contributed by atoms with Crippen LogP contribution in [0.3, 0.4) is 0 Å². The van der Waals surface area contributed by atoms with Crippen molar-refractivity contribution in [3.8, 4) is 5.75 Å². The number of aryl methyl sites for hydroxylation is 2. The van der Waals surface area contributed by atoms with Crippen LogP contribution in [0.25, 0.3) is 0 Å². The van der Waals surface area contributed by atoms with Crippen LogP contribution in [0.2, 0.25) is 0 Å². The lowest BCUT2D eigenvalue weighted by molar-refractivity contribution is -0.126. The number of nitrogens with one attached hydrogen (secondary N) is 1. The van der Waals surface area contributed by atoms with Crippen LogP contribution in [0.1, 0.15) is 30.9 Å². The Labute approximate surface area is 150 Å². The molecule has 0 radical (unpaired) electrons. The van der Waals surface area contributed by atoms with Crippen LogP contribution in [0, 0.1) is 19.8 Å². The minimum atomic E-state index is -3.23. The summed E-state index contributed by atoms with van der Waals surface area (Å²) in [7, 11) is -3.23. The highest BCUT2D eigenvalue weighted by atomic mass is 32.2. The molecule has 1 aliphatic heterocycles. The first-order valence-corrected chi connectivity index (χ1v) is 10.4. The second kappa shape index (κ2) is 8.67. The Morgan fingerprint density at radius 2 is 1.96 bits per heavy atom. The maximum Gasteiger partial charge on any atom is 0.224 e. The van der Waals surface area contributed by atoms with Gasteiger partial charge in [-0.05, 0) is 56.9 Å². The highest BCUT2D eigenvalue weighted by Crippen LogP contribution is 2.20. The molecule has 25 heavy (non-hydrogen) atoms. The fourth-order valence-corrected chi connectivity index (χ4v) is 4.27. The standard InChI is InChI=1S/C18H28N2O4S/c1-4-25(22,23)20-8-5-6-16(13-20)18(21)19-7-9-24-17-11-14(2)10-15(3)12-17/h10-12,16H,4-9,13H2,1-3H3,(H,19,21)/t16-/m1/s1. The van der Waals surface area contributed by atoms with E-state index in [1.807, 2.05) is 26.0 Å². The molecule has 1 aromatic carbocycles. The van der Waals surface area contributed by atoms with E-state index in [0.717, 1.165) is 29.7 Å². The van der Waals surface area contributed by atoms with Crippen LogP contribution in [-0.4, -0.2) is 50.6 Å². The molecule has 0 unspecified atom stereocenters. The van der Waals surface area contributed by atoms with Crippen molar-refractivity contribution < 1.29 is 17.9 Å². The van der Waals surface area contributed by atoms with Gasteiger partial charge in [0, 0.05) is 13.1 Å². The average Bonchev–Trinajstić information content (AvgIpc) is 2.58. The van der Waals surface area contributed by atoms with Gasteiger partial charge in [-0.3, -0.25) is 4.79 Å². The smallest absolute Gasteiger partial charge is 0.224 e. The number of amides is 1. The molecule has 6 nitrogen and oxygen atoms in total. The molecule has 1 fully saturated rings. The topological polar surface area (TPSA) is 75.7 Å². The molecule has 1 aromatic rings. The number of ether oxygens (including phenoxy) is 1. The Bertz CT molecular complexity index is 683. The molecule has 1 N–H and O–H groups in total. The monoisotopic (exact) mass is 368 g/mol. The zero-order valence-corrected chi connectivity index (χ0v) is 16.1. The van der Waals surface area contributed by atoms with Gasteiger partial charge in [-0.1, -0.05) is 6.07 Å². The third kappa shape index (κ3) is 5.71. The average molecular weight is 368 g/mol. The largest absolute Gasteiger partial charge is 0.492 e. The summed E-state index contributed by atoms with van der Waals surface area (Å²) in [6.45, 7) is 7.24.